The molecule has 0 aliphatic heterocycles. The minimum absolute atomic E-state index is 0.0289. The molecule has 138 valence electrons. The van der Waals surface area contributed by atoms with Crippen molar-refractivity contribution in [1.82, 2.24) is 9.97 Å². The number of ether oxygens (including phenoxy) is 1. The molecule has 4 rings (SSSR count). The second kappa shape index (κ2) is 7.36. The Bertz CT molecular complexity index is 1120. The number of hydrogen-bond acceptors (Lipinski definition) is 4. The molecule has 0 bridgehead atoms. The highest BCUT2D eigenvalue weighted by molar-refractivity contribution is 5.81. The molecular weight excluding hydrogens is 354 g/mol. The van der Waals surface area contributed by atoms with Crippen LogP contribution in [0.15, 0.2) is 78.9 Å². The van der Waals surface area contributed by atoms with E-state index in [2.05, 4.69) is 4.98 Å². The lowest BCUT2D eigenvalue weighted by atomic mass is 10.1. The third kappa shape index (κ3) is 3.35. The van der Waals surface area contributed by atoms with E-state index >= 15 is 0 Å². The number of nitrogens with zero attached hydrogens (tertiary/aromatic N) is 2. The largest absolute Gasteiger partial charge is 0.497 e. The van der Waals surface area contributed by atoms with Crippen molar-refractivity contribution in [2.24, 2.45) is 0 Å². The van der Waals surface area contributed by atoms with Gasteiger partial charge >= 0.3 is 0 Å². The molecule has 1 aromatic heterocycles. The van der Waals surface area contributed by atoms with Gasteiger partial charge in [0.25, 0.3) is 5.69 Å². The normalized spacial score (nSPS) is 10.6. The highest BCUT2D eigenvalue weighted by Crippen LogP contribution is 2.34. The smallest absolute Gasteiger partial charge is 0.270 e. The highest BCUT2D eigenvalue weighted by Gasteiger charge is 2.16. The first-order valence-electron chi connectivity index (χ1n) is 8.70. The summed E-state index contributed by atoms with van der Waals surface area (Å²) in [5.74, 6) is 1.34. The molecule has 28 heavy (non-hydrogen) atoms. The maximum atomic E-state index is 11.1. The molecule has 0 fully saturated rings. The molecule has 0 aliphatic rings. The Morgan fingerprint density at radius 3 is 2.29 bits per heavy atom. The summed E-state index contributed by atoms with van der Waals surface area (Å²) < 4.78 is 5.24. The molecule has 6 heteroatoms. The van der Waals surface area contributed by atoms with Crippen LogP contribution in [0.4, 0.5) is 5.69 Å². The van der Waals surface area contributed by atoms with Gasteiger partial charge in [0.05, 0.1) is 23.4 Å². The van der Waals surface area contributed by atoms with Crippen LogP contribution in [0.1, 0.15) is 0 Å². The molecule has 0 saturated heterocycles. The van der Waals surface area contributed by atoms with Crippen LogP contribution in [-0.4, -0.2) is 22.0 Å². The number of hydrogen-bond donors (Lipinski definition) is 1. The summed E-state index contributed by atoms with van der Waals surface area (Å²) in [4.78, 5) is 18.8. The third-order valence-electron chi connectivity index (χ3n) is 4.46. The van der Waals surface area contributed by atoms with Crippen LogP contribution in [0.25, 0.3) is 33.9 Å². The van der Waals surface area contributed by atoms with Crippen molar-refractivity contribution in [3.8, 4) is 39.7 Å². The van der Waals surface area contributed by atoms with Crippen LogP contribution in [0.3, 0.4) is 0 Å². The predicted octanol–water partition coefficient (Wildman–Crippen LogP) is 5.33. The quantitative estimate of drug-likeness (QED) is 0.380. The maximum absolute atomic E-state index is 11.1. The van der Waals surface area contributed by atoms with E-state index in [0.29, 0.717) is 11.4 Å². The van der Waals surface area contributed by atoms with Gasteiger partial charge in [-0.05, 0) is 24.3 Å². The van der Waals surface area contributed by atoms with Gasteiger partial charge in [0.15, 0.2) is 0 Å². The second-order valence-corrected chi connectivity index (χ2v) is 6.21. The van der Waals surface area contributed by atoms with E-state index < -0.39 is 4.92 Å². The Morgan fingerprint density at radius 1 is 0.893 bits per heavy atom. The fourth-order valence-electron chi connectivity index (χ4n) is 3.05. The zero-order valence-electron chi connectivity index (χ0n) is 15.1. The van der Waals surface area contributed by atoms with E-state index in [9.17, 15) is 10.1 Å². The van der Waals surface area contributed by atoms with Crippen molar-refractivity contribution in [3.63, 3.8) is 0 Å². The first-order chi connectivity index (χ1) is 13.7. The summed E-state index contributed by atoms with van der Waals surface area (Å²) >= 11 is 0. The number of aromatic amines is 1. The maximum Gasteiger partial charge on any atom is 0.270 e. The van der Waals surface area contributed by atoms with Gasteiger partial charge in [-0.1, -0.05) is 42.5 Å². The molecular formula is C22H17N3O3. The number of nitro benzene ring substituents is 1. The van der Waals surface area contributed by atoms with Crippen molar-refractivity contribution < 1.29 is 9.66 Å². The Labute approximate surface area is 161 Å². The topological polar surface area (TPSA) is 81.0 Å². The van der Waals surface area contributed by atoms with Gasteiger partial charge < -0.3 is 9.72 Å². The van der Waals surface area contributed by atoms with E-state index in [4.69, 9.17) is 9.72 Å². The number of nitro groups is 1. The molecule has 3 aromatic carbocycles. The Hall–Kier alpha value is -3.93. The molecule has 0 saturated carbocycles. The van der Waals surface area contributed by atoms with E-state index in [1.54, 1.807) is 19.2 Å². The van der Waals surface area contributed by atoms with Crippen molar-refractivity contribution in [3.05, 3.63) is 89.0 Å². The Balaban J connectivity index is 1.87. The molecule has 0 unspecified atom stereocenters. The summed E-state index contributed by atoms with van der Waals surface area (Å²) in [6.07, 6.45) is 0. The molecule has 0 aliphatic carbocycles. The van der Waals surface area contributed by atoms with Crippen LogP contribution in [0.2, 0.25) is 0 Å². The third-order valence-corrected chi connectivity index (χ3v) is 4.46. The van der Waals surface area contributed by atoms with Gasteiger partial charge in [-0.15, -0.1) is 0 Å². The van der Waals surface area contributed by atoms with Crippen LogP contribution in [0.5, 0.6) is 5.75 Å². The molecule has 1 N–H and O–H groups in total. The van der Waals surface area contributed by atoms with Gasteiger partial charge in [-0.25, -0.2) is 4.98 Å². The highest BCUT2D eigenvalue weighted by atomic mass is 16.6. The van der Waals surface area contributed by atoms with Gasteiger partial charge in [0.1, 0.15) is 11.6 Å². The number of rotatable bonds is 5. The SMILES string of the molecule is COc1ccc(-c2[nH]c(-c3cccc([N+](=O)[O-])c3)nc2-c2ccccc2)cc1. The molecule has 0 spiro atoms. The monoisotopic (exact) mass is 371 g/mol. The number of methoxy groups -OCH3 is 1. The Kier molecular flexibility index (Phi) is 4.60. The molecule has 0 atom stereocenters. The molecule has 4 aromatic rings. The summed E-state index contributed by atoms with van der Waals surface area (Å²) in [7, 11) is 1.63. The van der Waals surface area contributed by atoms with Crippen LogP contribution < -0.4 is 4.74 Å². The fourth-order valence-corrected chi connectivity index (χ4v) is 3.05. The standard InChI is InChI=1S/C22H17N3O3/c1-28-19-12-10-16(11-13-19)21-20(15-6-3-2-4-7-15)23-22(24-21)17-8-5-9-18(14-17)25(26)27/h2-14H,1H3,(H,23,24). The van der Waals surface area contributed by atoms with E-state index in [1.165, 1.54) is 12.1 Å². The van der Waals surface area contributed by atoms with Gasteiger partial charge in [0, 0.05) is 28.8 Å². The molecule has 6 nitrogen and oxygen atoms in total. The lowest BCUT2D eigenvalue weighted by Gasteiger charge is -2.04. The summed E-state index contributed by atoms with van der Waals surface area (Å²) in [5.41, 5.74) is 4.22. The van der Waals surface area contributed by atoms with Gasteiger partial charge in [-0.3, -0.25) is 10.1 Å². The summed E-state index contributed by atoms with van der Waals surface area (Å²) in [6.45, 7) is 0. The number of non-ortho nitro benzene ring substituents is 1. The van der Waals surface area contributed by atoms with E-state index in [0.717, 1.165) is 28.3 Å². The van der Waals surface area contributed by atoms with E-state index in [-0.39, 0.29) is 5.69 Å². The summed E-state index contributed by atoms with van der Waals surface area (Å²) in [6, 6.07) is 24.0. The lowest BCUT2D eigenvalue weighted by molar-refractivity contribution is -0.384. The average Bonchev–Trinajstić information content (AvgIpc) is 3.20. The molecule has 1 heterocycles. The zero-order valence-corrected chi connectivity index (χ0v) is 15.1. The van der Waals surface area contributed by atoms with Crippen molar-refractivity contribution in [2.45, 2.75) is 0 Å². The number of nitrogens with one attached hydrogen (secondary N) is 1. The Morgan fingerprint density at radius 2 is 1.61 bits per heavy atom. The fraction of sp³-hybridized carbons (Fsp3) is 0.0455. The number of benzene rings is 3. The first-order valence-corrected chi connectivity index (χ1v) is 8.70. The second-order valence-electron chi connectivity index (χ2n) is 6.21. The predicted molar refractivity (Wildman–Crippen MR) is 108 cm³/mol. The summed E-state index contributed by atoms with van der Waals surface area (Å²) in [5, 5.41) is 11.1. The van der Waals surface area contributed by atoms with Crippen molar-refractivity contribution in [2.75, 3.05) is 7.11 Å². The molecule has 0 radical (unpaired) electrons. The number of H-pyrrole nitrogens is 1. The first kappa shape index (κ1) is 17.5. The van der Waals surface area contributed by atoms with Crippen LogP contribution in [0, 0.1) is 10.1 Å². The average molecular weight is 371 g/mol. The van der Waals surface area contributed by atoms with Crippen molar-refractivity contribution >= 4 is 5.69 Å². The van der Waals surface area contributed by atoms with Crippen LogP contribution in [-0.2, 0) is 0 Å². The van der Waals surface area contributed by atoms with Crippen LogP contribution >= 0.6 is 0 Å². The zero-order chi connectivity index (χ0) is 19.5. The van der Waals surface area contributed by atoms with Gasteiger partial charge in [-0.2, -0.15) is 0 Å². The number of aromatic nitrogens is 2. The van der Waals surface area contributed by atoms with Gasteiger partial charge in [0.2, 0.25) is 0 Å². The van der Waals surface area contributed by atoms with Crippen molar-refractivity contribution in [1.29, 1.82) is 0 Å². The number of imidazole rings is 1. The minimum atomic E-state index is -0.408. The minimum Gasteiger partial charge on any atom is -0.497 e. The lowest BCUT2D eigenvalue weighted by Crippen LogP contribution is -1.89. The molecule has 0 amide bonds. The van der Waals surface area contributed by atoms with E-state index in [1.807, 2.05) is 54.6 Å².